The van der Waals surface area contributed by atoms with Gasteiger partial charge < -0.3 is 19.0 Å². The molecule has 2 aromatic heterocycles. The van der Waals surface area contributed by atoms with Crippen molar-refractivity contribution in [2.75, 3.05) is 13.7 Å². The molecule has 2 aromatic carbocycles. The number of aryl methyl sites for hydroxylation is 1. The van der Waals surface area contributed by atoms with Crippen molar-refractivity contribution in [1.29, 1.82) is 0 Å². The summed E-state index contributed by atoms with van der Waals surface area (Å²) in [5, 5.41) is 7.86. The molecule has 2 heterocycles. The molecule has 154 valence electrons. The number of nitrogens with one attached hydrogen (secondary N) is 1. The highest BCUT2D eigenvalue weighted by atomic mass is 16.5. The summed E-state index contributed by atoms with van der Waals surface area (Å²) in [4.78, 5) is 16.6. The number of rotatable bonds is 9. The predicted octanol–water partition coefficient (Wildman–Crippen LogP) is 4.63. The predicted molar refractivity (Wildman–Crippen MR) is 112 cm³/mol. The fourth-order valence-corrected chi connectivity index (χ4v) is 3.17. The fraction of sp³-hybridized carbons (Fsp3) is 0.261. The quantitative estimate of drug-likeness (QED) is 0.408. The minimum atomic E-state index is -0.188. The Morgan fingerprint density at radius 1 is 1.07 bits per heavy atom. The minimum Gasteiger partial charge on any atom is -0.497 e. The summed E-state index contributed by atoms with van der Waals surface area (Å²) in [7, 11) is 1.63. The van der Waals surface area contributed by atoms with Crippen LogP contribution in [0, 0.1) is 0 Å². The molecule has 0 radical (unpaired) electrons. The summed E-state index contributed by atoms with van der Waals surface area (Å²) in [6, 6.07) is 16.9. The van der Waals surface area contributed by atoms with E-state index >= 15 is 0 Å². The fourth-order valence-electron chi connectivity index (χ4n) is 3.17. The van der Waals surface area contributed by atoms with Crippen molar-refractivity contribution in [3.63, 3.8) is 0 Å². The van der Waals surface area contributed by atoms with Gasteiger partial charge in [-0.15, -0.1) is 0 Å². The van der Waals surface area contributed by atoms with Crippen molar-refractivity contribution < 1.29 is 18.5 Å². The zero-order valence-electron chi connectivity index (χ0n) is 16.8. The van der Waals surface area contributed by atoms with Gasteiger partial charge in [0.25, 0.3) is 5.91 Å². The molecular weight excluding hydrogens is 382 g/mol. The number of aromatic nitrogens is 2. The maximum atomic E-state index is 12.2. The Kier molecular flexibility index (Phi) is 6.08. The van der Waals surface area contributed by atoms with E-state index in [4.69, 9.17) is 13.7 Å². The molecule has 0 aliphatic heterocycles. The molecule has 1 amide bonds. The number of ether oxygens (including phenoxy) is 1. The molecule has 0 unspecified atom stereocenters. The Labute approximate surface area is 174 Å². The van der Waals surface area contributed by atoms with Gasteiger partial charge in [0.2, 0.25) is 11.7 Å². The van der Waals surface area contributed by atoms with Gasteiger partial charge in [-0.05, 0) is 49.2 Å². The van der Waals surface area contributed by atoms with Crippen LogP contribution in [0.25, 0.3) is 22.4 Å². The molecule has 0 bridgehead atoms. The summed E-state index contributed by atoms with van der Waals surface area (Å²) < 4.78 is 16.1. The average Bonchev–Trinajstić information content (AvgIpc) is 3.43. The number of hydrogen-bond acceptors (Lipinski definition) is 6. The van der Waals surface area contributed by atoms with Gasteiger partial charge in [-0.3, -0.25) is 4.79 Å². The number of benzene rings is 2. The van der Waals surface area contributed by atoms with Gasteiger partial charge in [-0.1, -0.05) is 29.8 Å². The molecular formula is C23H23N3O4. The molecule has 0 aliphatic rings. The number of methoxy groups -OCH3 is 1. The van der Waals surface area contributed by atoms with E-state index in [9.17, 15) is 4.79 Å². The molecule has 7 heteroatoms. The molecule has 4 rings (SSSR count). The van der Waals surface area contributed by atoms with E-state index in [-0.39, 0.29) is 5.91 Å². The van der Waals surface area contributed by atoms with Crippen LogP contribution in [0.2, 0.25) is 0 Å². The lowest BCUT2D eigenvalue weighted by atomic mass is 10.2. The summed E-state index contributed by atoms with van der Waals surface area (Å²) in [6.45, 7) is 0.594. The molecule has 7 nitrogen and oxygen atoms in total. The third-order valence-corrected chi connectivity index (χ3v) is 4.82. The third kappa shape index (κ3) is 4.68. The Balaban J connectivity index is 1.17. The van der Waals surface area contributed by atoms with Crippen LogP contribution < -0.4 is 10.1 Å². The van der Waals surface area contributed by atoms with Crippen LogP contribution in [-0.2, 0) is 6.42 Å². The van der Waals surface area contributed by atoms with Crippen LogP contribution >= 0.6 is 0 Å². The van der Waals surface area contributed by atoms with E-state index in [1.165, 1.54) is 0 Å². The maximum absolute atomic E-state index is 12.2. The lowest BCUT2D eigenvalue weighted by Crippen LogP contribution is -2.23. The molecule has 0 atom stereocenters. The Bertz CT molecular complexity index is 1080. The van der Waals surface area contributed by atoms with Crippen molar-refractivity contribution in [1.82, 2.24) is 15.5 Å². The summed E-state index contributed by atoms with van der Waals surface area (Å²) in [6.07, 6.45) is 3.43. The van der Waals surface area contributed by atoms with Gasteiger partial charge >= 0.3 is 0 Å². The number of hydrogen-bond donors (Lipinski definition) is 1. The van der Waals surface area contributed by atoms with Crippen LogP contribution in [0.3, 0.4) is 0 Å². The average molecular weight is 405 g/mol. The van der Waals surface area contributed by atoms with E-state index in [0.29, 0.717) is 30.4 Å². The topological polar surface area (TPSA) is 90.4 Å². The van der Waals surface area contributed by atoms with Gasteiger partial charge in [0.1, 0.15) is 11.3 Å². The van der Waals surface area contributed by atoms with Crippen molar-refractivity contribution >= 4 is 16.9 Å². The van der Waals surface area contributed by atoms with Gasteiger partial charge in [0, 0.05) is 23.9 Å². The monoisotopic (exact) mass is 405 g/mol. The molecule has 0 fully saturated rings. The number of furan rings is 1. The Hall–Kier alpha value is -3.61. The number of fused-ring (bicyclic) bond motifs is 1. The highest BCUT2D eigenvalue weighted by molar-refractivity contribution is 5.96. The second-order valence-electron chi connectivity index (χ2n) is 6.96. The van der Waals surface area contributed by atoms with E-state index in [1.54, 1.807) is 13.2 Å². The summed E-state index contributed by atoms with van der Waals surface area (Å²) in [5.74, 6) is 2.13. The van der Waals surface area contributed by atoms with Gasteiger partial charge in [0.15, 0.2) is 5.76 Å². The SMILES string of the molecule is COc1ccc(-c2noc(CCCCCNC(=O)c3cc4ccccc4o3)n2)cc1. The van der Waals surface area contributed by atoms with Crippen LogP contribution in [0.15, 0.2) is 63.5 Å². The lowest BCUT2D eigenvalue weighted by molar-refractivity contribution is 0.0927. The first-order chi connectivity index (χ1) is 14.7. The minimum absolute atomic E-state index is 0.188. The zero-order valence-corrected chi connectivity index (χ0v) is 16.8. The standard InChI is InChI=1S/C23H23N3O4/c1-28-18-12-10-16(11-13-18)22-25-21(30-26-22)9-3-2-6-14-24-23(27)20-15-17-7-4-5-8-19(17)29-20/h4-5,7-8,10-13,15H,2-3,6,9,14H2,1H3,(H,24,27). The Morgan fingerprint density at radius 3 is 2.70 bits per heavy atom. The van der Waals surface area contributed by atoms with Crippen molar-refractivity contribution in [3.05, 3.63) is 66.2 Å². The van der Waals surface area contributed by atoms with Gasteiger partial charge in [-0.25, -0.2) is 0 Å². The van der Waals surface area contributed by atoms with Crippen LogP contribution in [0.4, 0.5) is 0 Å². The number of para-hydroxylation sites is 1. The van der Waals surface area contributed by atoms with E-state index < -0.39 is 0 Å². The Morgan fingerprint density at radius 2 is 1.90 bits per heavy atom. The molecule has 0 spiro atoms. The summed E-state index contributed by atoms with van der Waals surface area (Å²) >= 11 is 0. The second kappa shape index (κ2) is 9.26. The highest BCUT2D eigenvalue weighted by Gasteiger charge is 2.11. The molecule has 0 saturated carbocycles. The van der Waals surface area contributed by atoms with Gasteiger partial charge in [0.05, 0.1) is 7.11 Å². The molecule has 4 aromatic rings. The summed E-state index contributed by atoms with van der Waals surface area (Å²) in [5.41, 5.74) is 1.61. The van der Waals surface area contributed by atoms with Crippen molar-refractivity contribution in [2.45, 2.75) is 25.7 Å². The van der Waals surface area contributed by atoms with Crippen LogP contribution in [0.5, 0.6) is 5.75 Å². The van der Waals surface area contributed by atoms with Crippen LogP contribution in [-0.4, -0.2) is 29.7 Å². The maximum Gasteiger partial charge on any atom is 0.287 e. The largest absolute Gasteiger partial charge is 0.497 e. The third-order valence-electron chi connectivity index (χ3n) is 4.82. The van der Waals surface area contributed by atoms with Crippen LogP contribution in [0.1, 0.15) is 35.7 Å². The van der Waals surface area contributed by atoms with E-state index in [2.05, 4.69) is 15.5 Å². The number of amides is 1. The van der Waals surface area contributed by atoms with Crippen molar-refractivity contribution in [3.8, 4) is 17.1 Å². The number of carbonyl (C=O) groups excluding carboxylic acids is 1. The molecule has 30 heavy (non-hydrogen) atoms. The molecule has 0 saturated heterocycles. The number of unbranched alkanes of at least 4 members (excludes halogenated alkanes) is 2. The van der Waals surface area contributed by atoms with E-state index in [1.807, 2.05) is 48.5 Å². The van der Waals surface area contributed by atoms with E-state index in [0.717, 1.165) is 41.5 Å². The normalized spacial score (nSPS) is 11.0. The molecule has 0 aliphatic carbocycles. The zero-order chi connectivity index (χ0) is 20.8. The number of carbonyl (C=O) groups is 1. The first-order valence-electron chi connectivity index (χ1n) is 9.97. The first-order valence-corrected chi connectivity index (χ1v) is 9.97. The first kappa shape index (κ1) is 19.7. The van der Waals surface area contributed by atoms with Gasteiger partial charge in [-0.2, -0.15) is 4.98 Å². The lowest BCUT2D eigenvalue weighted by Gasteiger charge is -2.02. The highest BCUT2D eigenvalue weighted by Crippen LogP contribution is 2.20. The van der Waals surface area contributed by atoms with Crippen molar-refractivity contribution in [2.24, 2.45) is 0 Å². The molecule has 1 N–H and O–H groups in total. The smallest absolute Gasteiger partial charge is 0.287 e. The second-order valence-corrected chi connectivity index (χ2v) is 6.96. The number of nitrogens with zero attached hydrogens (tertiary/aromatic N) is 2.